The maximum Gasteiger partial charge on any atom is 0.311 e. The Hall–Kier alpha value is -3.48. The largest absolute Gasteiger partial charge is 0.490 e. The van der Waals surface area contributed by atoms with Gasteiger partial charge in [0.2, 0.25) is 0 Å². The number of nitrogens with one attached hydrogen (secondary N) is 1. The van der Waals surface area contributed by atoms with Gasteiger partial charge in [0, 0.05) is 18.0 Å². The highest BCUT2D eigenvalue weighted by Crippen LogP contribution is 2.32. The summed E-state index contributed by atoms with van der Waals surface area (Å²) in [5.41, 5.74) is 1.83. The van der Waals surface area contributed by atoms with Crippen LogP contribution in [0.25, 0.3) is 11.1 Å². The van der Waals surface area contributed by atoms with Gasteiger partial charge in [-0.3, -0.25) is 10.1 Å². The van der Waals surface area contributed by atoms with Gasteiger partial charge < -0.3 is 10.1 Å². The molecule has 0 amide bonds. The van der Waals surface area contributed by atoms with Gasteiger partial charge in [0.1, 0.15) is 11.6 Å². The summed E-state index contributed by atoms with van der Waals surface area (Å²) in [4.78, 5) is 14.9. The predicted molar refractivity (Wildman–Crippen MR) is 92.6 cm³/mol. The lowest BCUT2D eigenvalue weighted by atomic mass is 10.1. The summed E-state index contributed by atoms with van der Waals surface area (Å²) < 4.78 is 18.3. The maximum absolute atomic E-state index is 13.3. The molecule has 1 N–H and O–H groups in total. The fourth-order valence-electron chi connectivity index (χ4n) is 2.40. The maximum atomic E-state index is 13.3. The monoisotopic (exact) mass is 339 g/mol. The molecule has 126 valence electrons. The molecule has 0 aliphatic heterocycles. The third kappa shape index (κ3) is 3.72. The standard InChI is InChI=1S/C18H14FN3O3/c1-25-17-6-5-12(9-16(17)22(23)24)13-7-8-20-18(10-13)21-15-4-2-3-14(19)11-15/h2-11H,1H3,(H,20,21). The summed E-state index contributed by atoms with van der Waals surface area (Å²) in [7, 11) is 1.38. The van der Waals surface area contributed by atoms with Crippen molar-refractivity contribution in [2.75, 3.05) is 12.4 Å². The molecule has 7 heteroatoms. The second-order valence-corrected chi connectivity index (χ2v) is 5.21. The first-order valence-electron chi connectivity index (χ1n) is 7.38. The summed E-state index contributed by atoms with van der Waals surface area (Å²) >= 11 is 0. The van der Waals surface area contributed by atoms with E-state index in [-0.39, 0.29) is 17.3 Å². The Labute approximate surface area is 143 Å². The lowest BCUT2D eigenvalue weighted by Gasteiger charge is -2.09. The second-order valence-electron chi connectivity index (χ2n) is 5.21. The first-order valence-corrected chi connectivity index (χ1v) is 7.38. The van der Waals surface area contributed by atoms with Crippen LogP contribution in [0, 0.1) is 15.9 Å². The van der Waals surface area contributed by atoms with Crippen LogP contribution < -0.4 is 10.1 Å². The molecule has 0 unspecified atom stereocenters. The number of ether oxygens (including phenoxy) is 1. The van der Waals surface area contributed by atoms with E-state index in [2.05, 4.69) is 10.3 Å². The molecule has 0 aliphatic carbocycles. The Balaban J connectivity index is 1.94. The second kappa shape index (κ2) is 6.96. The lowest BCUT2D eigenvalue weighted by Crippen LogP contribution is -1.96. The SMILES string of the molecule is COc1ccc(-c2ccnc(Nc3cccc(F)c3)c2)cc1[N+](=O)[O-]. The number of rotatable bonds is 5. The average Bonchev–Trinajstić information content (AvgIpc) is 2.61. The molecule has 2 aromatic carbocycles. The summed E-state index contributed by atoms with van der Waals surface area (Å²) in [6, 6.07) is 14.2. The topological polar surface area (TPSA) is 77.3 Å². The molecule has 6 nitrogen and oxygen atoms in total. The Morgan fingerprint density at radius 2 is 1.92 bits per heavy atom. The number of hydrogen-bond acceptors (Lipinski definition) is 5. The normalized spacial score (nSPS) is 10.3. The number of nitrogens with zero attached hydrogens (tertiary/aromatic N) is 2. The third-order valence-corrected chi connectivity index (χ3v) is 3.57. The van der Waals surface area contributed by atoms with Crippen molar-refractivity contribution < 1.29 is 14.1 Å². The summed E-state index contributed by atoms with van der Waals surface area (Å²) in [6.07, 6.45) is 1.58. The fourth-order valence-corrected chi connectivity index (χ4v) is 2.40. The molecule has 0 spiro atoms. The van der Waals surface area contributed by atoms with Crippen molar-refractivity contribution >= 4 is 17.2 Å². The van der Waals surface area contributed by atoms with Gasteiger partial charge in [-0.1, -0.05) is 12.1 Å². The Morgan fingerprint density at radius 3 is 2.64 bits per heavy atom. The van der Waals surface area contributed by atoms with Gasteiger partial charge >= 0.3 is 5.69 Å². The molecule has 0 radical (unpaired) electrons. The molecule has 0 fully saturated rings. The Kier molecular flexibility index (Phi) is 4.56. The van der Waals surface area contributed by atoms with Crippen molar-refractivity contribution in [3.8, 4) is 16.9 Å². The minimum Gasteiger partial charge on any atom is -0.490 e. The molecule has 0 aliphatic rings. The zero-order valence-corrected chi connectivity index (χ0v) is 13.3. The van der Waals surface area contributed by atoms with E-state index in [0.717, 1.165) is 5.56 Å². The van der Waals surface area contributed by atoms with Crippen LogP contribution in [-0.2, 0) is 0 Å². The number of nitro benzene ring substituents is 1. The van der Waals surface area contributed by atoms with Crippen molar-refractivity contribution in [3.63, 3.8) is 0 Å². The van der Waals surface area contributed by atoms with Gasteiger partial charge in [0.15, 0.2) is 5.75 Å². The molecule has 1 heterocycles. The third-order valence-electron chi connectivity index (χ3n) is 3.57. The van der Waals surface area contributed by atoms with Gasteiger partial charge in [-0.05, 0) is 47.5 Å². The smallest absolute Gasteiger partial charge is 0.311 e. The first kappa shape index (κ1) is 16.4. The van der Waals surface area contributed by atoms with E-state index < -0.39 is 4.92 Å². The first-order chi connectivity index (χ1) is 12.1. The van der Waals surface area contributed by atoms with E-state index in [1.807, 2.05) is 0 Å². The van der Waals surface area contributed by atoms with E-state index in [1.54, 1.807) is 42.6 Å². The van der Waals surface area contributed by atoms with Gasteiger partial charge in [0.05, 0.1) is 12.0 Å². The van der Waals surface area contributed by atoms with Gasteiger partial charge in [0.25, 0.3) is 0 Å². The number of aromatic nitrogens is 1. The lowest BCUT2D eigenvalue weighted by molar-refractivity contribution is -0.385. The van der Waals surface area contributed by atoms with Crippen molar-refractivity contribution in [3.05, 3.63) is 76.7 Å². The van der Waals surface area contributed by atoms with Gasteiger partial charge in [-0.2, -0.15) is 0 Å². The minimum absolute atomic E-state index is 0.114. The number of nitro groups is 1. The molecule has 25 heavy (non-hydrogen) atoms. The van der Waals surface area contributed by atoms with Gasteiger partial charge in [-0.25, -0.2) is 9.37 Å². The van der Waals surface area contributed by atoms with Crippen molar-refractivity contribution in [2.45, 2.75) is 0 Å². The zero-order valence-electron chi connectivity index (χ0n) is 13.3. The van der Waals surface area contributed by atoms with Crippen LogP contribution >= 0.6 is 0 Å². The highest BCUT2D eigenvalue weighted by molar-refractivity contribution is 5.72. The van der Waals surface area contributed by atoms with E-state index in [4.69, 9.17) is 4.74 Å². The highest BCUT2D eigenvalue weighted by Gasteiger charge is 2.16. The molecule has 3 aromatic rings. The van der Waals surface area contributed by atoms with E-state index in [0.29, 0.717) is 17.1 Å². The van der Waals surface area contributed by atoms with Gasteiger partial charge in [-0.15, -0.1) is 0 Å². The Bertz CT molecular complexity index is 931. The summed E-state index contributed by atoms with van der Waals surface area (Å²) in [5, 5.41) is 14.2. The van der Waals surface area contributed by atoms with Crippen LogP contribution in [0.2, 0.25) is 0 Å². The quantitative estimate of drug-likeness (QED) is 0.545. The number of pyridine rings is 1. The molecule has 3 rings (SSSR count). The summed E-state index contributed by atoms with van der Waals surface area (Å²) in [6.45, 7) is 0. The molecule has 0 saturated heterocycles. The van der Waals surface area contributed by atoms with Crippen LogP contribution in [0.4, 0.5) is 21.6 Å². The number of halogens is 1. The molecule has 0 atom stereocenters. The number of hydrogen-bond donors (Lipinski definition) is 1. The van der Waals surface area contributed by atoms with E-state index in [1.165, 1.54) is 25.3 Å². The molecule has 0 bridgehead atoms. The number of methoxy groups -OCH3 is 1. The van der Waals surface area contributed by atoms with Crippen molar-refractivity contribution in [1.29, 1.82) is 0 Å². The van der Waals surface area contributed by atoms with Crippen molar-refractivity contribution in [2.24, 2.45) is 0 Å². The molecular weight excluding hydrogens is 325 g/mol. The fraction of sp³-hybridized carbons (Fsp3) is 0.0556. The van der Waals surface area contributed by atoms with Crippen LogP contribution in [0.3, 0.4) is 0 Å². The predicted octanol–water partition coefficient (Wildman–Crippen LogP) is 4.55. The molecular formula is C18H14FN3O3. The van der Waals surface area contributed by atoms with Crippen LogP contribution in [-0.4, -0.2) is 17.0 Å². The average molecular weight is 339 g/mol. The summed E-state index contributed by atoms with van der Waals surface area (Å²) in [5.74, 6) is 0.342. The van der Waals surface area contributed by atoms with Crippen molar-refractivity contribution in [1.82, 2.24) is 4.98 Å². The van der Waals surface area contributed by atoms with Crippen LogP contribution in [0.5, 0.6) is 5.75 Å². The van der Waals surface area contributed by atoms with Crippen LogP contribution in [0.1, 0.15) is 0 Å². The Morgan fingerprint density at radius 1 is 1.12 bits per heavy atom. The molecule has 1 aromatic heterocycles. The zero-order chi connectivity index (χ0) is 17.8. The van der Waals surface area contributed by atoms with Crippen LogP contribution in [0.15, 0.2) is 60.8 Å². The molecule has 0 saturated carbocycles. The van der Waals surface area contributed by atoms with E-state index >= 15 is 0 Å². The highest BCUT2D eigenvalue weighted by atomic mass is 19.1. The number of anilines is 2. The minimum atomic E-state index is -0.491. The van der Waals surface area contributed by atoms with E-state index in [9.17, 15) is 14.5 Å². The number of benzene rings is 2.